The Balaban J connectivity index is 1.26. The van der Waals surface area contributed by atoms with Gasteiger partial charge in [0, 0.05) is 16.6 Å². The highest BCUT2D eigenvalue weighted by Gasteiger charge is 2.31. The van der Waals surface area contributed by atoms with Gasteiger partial charge in [0.25, 0.3) is 0 Å². The van der Waals surface area contributed by atoms with Gasteiger partial charge < -0.3 is 10.1 Å². The molecule has 0 aliphatic heterocycles. The molecule has 0 bridgehead atoms. The van der Waals surface area contributed by atoms with Crippen LogP contribution in [0, 0.1) is 27.7 Å². The highest BCUT2D eigenvalue weighted by atomic mass is 32.1. The first-order chi connectivity index (χ1) is 21.3. The smallest absolute Gasteiger partial charge is 0.406 e. The molecule has 0 radical (unpaired) electrons. The molecule has 0 saturated carbocycles. The predicted molar refractivity (Wildman–Crippen MR) is 159 cm³/mol. The minimum Gasteiger partial charge on any atom is -0.406 e. The van der Waals surface area contributed by atoms with Crippen LogP contribution >= 0.6 is 11.3 Å². The van der Waals surface area contributed by atoms with Crippen LogP contribution in [0.2, 0.25) is 0 Å². The second-order valence-electron chi connectivity index (χ2n) is 10.3. The third kappa shape index (κ3) is 7.28. The molecule has 0 aliphatic carbocycles. The van der Waals surface area contributed by atoms with Gasteiger partial charge in [-0.25, -0.2) is 23.2 Å². The summed E-state index contributed by atoms with van der Waals surface area (Å²) in [5, 5.41) is 8.11. The van der Waals surface area contributed by atoms with E-state index < -0.39 is 24.9 Å². The maximum absolute atomic E-state index is 15.1. The van der Waals surface area contributed by atoms with Crippen LogP contribution in [0.5, 0.6) is 5.75 Å². The Morgan fingerprint density at radius 3 is 2.24 bits per heavy atom. The first kappa shape index (κ1) is 31.6. The van der Waals surface area contributed by atoms with Crippen molar-refractivity contribution in [3.63, 3.8) is 0 Å². The number of hydrogen-bond donors (Lipinski definition) is 1. The molecule has 5 aromatic rings. The summed E-state index contributed by atoms with van der Waals surface area (Å²) in [6.45, 7) is 7.78. The number of carbonyl (C=O) groups is 1. The van der Waals surface area contributed by atoms with Crippen LogP contribution in [0.25, 0.3) is 22.8 Å². The summed E-state index contributed by atoms with van der Waals surface area (Å²) in [5.74, 6) is -0.133. The summed E-state index contributed by atoms with van der Waals surface area (Å²) < 4.78 is 74.2. The average molecular weight is 643 g/mol. The van der Waals surface area contributed by atoms with Crippen molar-refractivity contribution in [1.82, 2.24) is 24.6 Å². The maximum Gasteiger partial charge on any atom is 0.573 e. The number of hydrogen-bond acceptors (Lipinski definition) is 5. The second-order valence-corrected chi connectivity index (χ2v) is 11.1. The third-order valence-corrected chi connectivity index (χ3v) is 7.71. The lowest BCUT2D eigenvalue weighted by Crippen LogP contribution is -2.34. The molecule has 2 unspecified atom stereocenters. The fourth-order valence-electron chi connectivity index (χ4n) is 4.88. The molecule has 2 amide bonds. The summed E-state index contributed by atoms with van der Waals surface area (Å²) in [6, 6.07) is 13.7. The van der Waals surface area contributed by atoms with Gasteiger partial charge in [-0.1, -0.05) is 42.0 Å². The number of aryl methyl sites for hydroxylation is 4. The van der Waals surface area contributed by atoms with Crippen LogP contribution in [-0.4, -0.2) is 38.0 Å². The molecule has 14 heteroatoms. The van der Waals surface area contributed by atoms with Crippen molar-refractivity contribution < 1.29 is 31.5 Å². The number of rotatable bonds is 7. The quantitative estimate of drug-likeness (QED) is 0.147. The third-order valence-electron chi connectivity index (χ3n) is 6.77. The van der Waals surface area contributed by atoms with Gasteiger partial charge in [-0.05, 0) is 68.7 Å². The molecular formula is C31H27F5N6O2S. The van der Waals surface area contributed by atoms with E-state index in [9.17, 15) is 22.4 Å². The van der Waals surface area contributed by atoms with Crippen molar-refractivity contribution in [1.29, 1.82) is 0 Å². The minimum atomic E-state index is -4.80. The van der Waals surface area contributed by atoms with Crippen LogP contribution in [0.15, 0.2) is 77.4 Å². The van der Waals surface area contributed by atoms with E-state index in [2.05, 4.69) is 19.8 Å². The van der Waals surface area contributed by atoms with Crippen molar-refractivity contribution in [3.05, 3.63) is 105 Å². The summed E-state index contributed by atoms with van der Waals surface area (Å²) in [5.41, 5.74) is 5.67. The largest absolute Gasteiger partial charge is 0.573 e. The Hall–Kier alpha value is -4.85. The first-order valence-electron chi connectivity index (χ1n) is 13.6. The maximum atomic E-state index is 15.1. The molecule has 0 fully saturated rings. The zero-order chi connectivity index (χ0) is 32.5. The molecule has 2 aromatic heterocycles. The molecule has 2 atom stereocenters. The normalized spacial score (nSPS) is 13.5. The molecule has 1 N–H and O–H groups in total. The molecule has 0 aliphatic rings. The lowest BCUT2D eigenvalue weighted by Gasteiger charge is -2.15. The number of amides is 2. The number of urea groups is 1. The van der Waals surface area contributed by atoms with Crippen LogP contribution in [-0.2, 0) is 0 Å². The lowest BCUT2D eigenvalue weighted by molar-refractivity contribution is -0.274. The van der Waals surface area contributed by atoms with Crippen molar-refractivity contribution in [2.45, 2.75) is 46.5 Å². The van der Waals surface area contributed by atoms with E-state index in [1.807, 2.05) is 55.1 Å². The number of ether oxygens (including phenoxy) is 1. The first-order valence-corrected chi connectivity index (χ1v) is 14.4. The highest BCUT2D eigenvalue weighted by Crippen LogP contribution is 2.27. The van der Waals surface area contributed by atoms with Crippen LogP contribution < -0.4 is 14.9 Å². The number of halogens is 5. The molecule has 0 saturated heterocycles. The molecule has 8 nitrogen and oxygen atoms in total. The average Bonchev–Trinajstić information content (AvgIpc) is 3.59. The van der Waals surface area contributed by atoms with E-state index in [0.717, 1.165) is 40.2 Å². The minimum absolute atomic E-state index is 0.0285. The van der Waals surface area contributed by atoms with Gasteiger partial charge in [-0.2, -0.15) is 4.99 Å². The standard InChI is InChI=1S/C31H27F5N6O2S/c1-17-13-18(2)26(19(3)14-17)42-20(4)15-45-30(42)39-29(43)38-27(33)25(32)21-5-7-22(8-6-21)28-37-16-41(40-28)23-9-11-24(12-10-23)44-31(34,35)36/h5-16,25,27H,1-4H3,(H,38,43)/b39-30-. The number of nitrogens with zero attached hydrogens (tertiary/aromatic N) is 5. The number of alkyl halides is 5. The van der Waals surface area contributed by atoms with Gasteiger partial charge in [0.1, 0.15) is 12.1 Å². The van der Waals surface area contributed by atoms with Crippen molar-refractivity contribution in [3.8, 4) is 28.5 Å². The van der Waals surface area contributed by atoms with Crippen molar-refractivity contribution in [2.75, 3.05) is 0 Å². The van der Waals surface area contributed by atoms with Gasteiger partial charge in [-0.15, -0.1) is 29.6 Å². The predicted octanol–water partition coefficient (Wildman–Crippen LogP) is 7.54. The zero-order valence-electron chi connectivity index (χ0n) is 24.4. The van der Waals surface area contributed by atoms with E-state index in [4.69, 9.17) is 0 Å². The monoisotopic (exact) mass is 642 g/mol. The summed E-state index contributed by atoms with van der Waals surface area (Å²) in [7, 11) is 0. The summed E-state index contributed by atoms with van der Waals surface area (Å²) in [4.78, 5) is 21.2. The number of aromatic nitrogens is 4. The van der Waals surface area contributed by atoms with E-state index in [1.165, 1.54) is 58.7 Å². The Morgan fingerprint density at radius 1 is 0.978 bits per heavy atom. The van der Waals surface area contributed by atoms with Crippen molar-refractivity contribution >= 4 is 17.4 Å². The van der Waals surface area contributed by atoms with Gasteiger partial charge in [0.05, 0.1) is 11.4 Å². The Kier molecular flexibility index (Phi) is 8.87. The number of thiazole rings is 1. The second kappa shape index (κ2) is 12.6. The Morgan fingerprint density at radius 2 is 1.62 bits per heavy atom. The number of nitrogens with one attached hydrogen (secondary N) is 1. The number of carbonyl (C=O) groups excluding carboxylic acids is 1. The Labute approximate surface area is 258 Å². The SMILES string of the molecule is Cc1cc(C)c(-n2c(C)cs/c2=N\C(=O)NC(F)C(F)c2ccc(-c3ncn(-c4ccc(OC(F)(F)F)cc4)n3)cc2)c(C)c1. The molecule has 0 spiro atoms. The molecule has 3 aromatic carbocycles. The number of benzene rings is 3. The van der Waals surface area contributed by atoms with Crippen LogP contribution in [0.1, 0.15) is 34.1 Å². The van der Waals surface area contributed by atoms with Gasteiger partial charge in [0.15, 0.2) is 16.8 Å². The molecule has 45 heavy (non-hydrogen) atoms. The van der Waals surface area contributed by atoms with Gasteiger partial charge in [0.2, 0.25) is 6.30 Å². The lowest BCUT2D eigenvalue weighted by atomic mass is 10.0. The van der Waals surface area contributed by atoms with Crippen molar-refractivity contribution in [2.24, 2.45) is 4.99 Å². The summed E-state index contributed by atoms with van der Waals surface area (Å²) >= 11 is 1.21. The van der Waals surface area contributed by atoms with E-state index in [0.29, 0.717) is 16.1 Å². The van der Waals surface area contributed by atoms with Crippen LogP contribution in [0.3, 0.4) is 0 Å². The van der Waals surface area contributed by atoms with Crippen LogP contribution in [0.4, 0.5) is 26.7 Å². The molecule has 5 rings (SSSR count). The molecule has 234 valence electrons. The topological polar surface area (TPSA) is 86.3 Å². The molecular weight excluding hydrogens is 615 g/mol. The summed E-state index contributed by atoms with van der Waals surface area (Å²) in [6.07, 6.45) is -7.99. The fraction of sp³-hybridized carbons (Fsp3) is 0.226. The highest BCUT2D eigenvalue weighted by molar-refractivity contribution is 7.07. The zero-order valence-corrected chi connectivity index (χ0v) is 25.3. The van der Waals surface area contributed by atoms with E-state index in [-0.39, 0.29) is 17.1 Å². The fourth-order valence-corrected chi connectivity index (χ4v) is 5.74. The van der Waals surface area contributed by atoms with Gasteiger partial charge >= 0.3 is 12.4 Å². The van der Waals surface area contributed by atoms with Gasteiger partial charge in [-0.3, -0.25) is 4.57 Å². The Bertz CT molecular complexity index is 1870. The molecule has 2 heterocycles. The van der Waals surface area contributed by atoms with E-state index in [1.54, 1.807) is 0 Å². The van der Waals surface area contributed by atoms with E-state index >= 15 is 4.39 Å².